The summed E-state index contributed by atoms with van der Waals surface area (Å²) in [6.07, 6.45) is 4.79. The summed E-state index contributed by atoms with van der Waals surface area (Å²) >= 11 is 0. The first-order valence-corrected chi connectivity index (χ1v) is 9.40. The number of carbonyl (C=O) groups is 1. The number of aliphatic hydroxyl groups is 1. The second-order valence-electron chi connectivity index (χ2n) is 7.35. The van der Waals surface area contributed by atoms with E-state index in [0.717, 1.165) is 45.4 Å². The molecule has 1 aliphatic heterocycles. The quantitative estimate of drug-likeness (QED) is 0.923. The van der Waals surface area contributed by atoms with Crippen molar-refractivity contribution in [1.29, 1.82) is 0 Å². The lowest BCUT2D eigenvalue weighted by Gasteiger charge is -2.42. The highest BCUT2D eigenvalue weighted by molar-refractivity contribution is 5.77. The smallest absolute Gasteiger partial charge is 0.223 e. The fraction of sp³-hybridized carbons (Fsp3) is 0.650. The first-order valence-electron chi connectivity index (χ1n) is 9.40. The molecule has 1 saturated heterocycles. The molecule has 1 heterocycles. The van der Waals surface area contributed by atoms with E-state index in [4.69, 9.17) is 0 Å². The van der Waals surface area contributed by atoms with Gasteiger partial charge in [0.1, 0.15) is 0 Å². The summed E-state index contributed by atoms with van der Waals surface area (Å²) in [6.45, 7) is 5.51. The third-order valence-corrected chi connectivity index (χ3v) is 5.68. The van der Waals surface area contributed by atoms with Gasteiger partial charge in [0.05, 0.1) is 6.10 Å². The Kier molecular flexibility index (Phi) is 5.90. The summed E-state index contributed by atoms with van der Waals surface area (Å²) < 4.78 is 0. The highest BCUT2D eigenvalue weighted by Crippen LogP contribution is 2.25. The van der Waals surface area contributed by atoms with Crippen LogP contribution in [0, 0.1) is 0 Å². The Morgan fingerprint density at radius 1 is 1.12 bits per heavy atom. The Hall–Kier alpha value is -1.39. The molecule has 0 bridgehead atoms. The van der Waals surface area contributed by atoms with E-state index < -0.39 is 0 Å². The van der Waals surface area contributed by atoms with Crippen LogP contribution in [0.5, 0.6) is 0 Å². The maximum atomic E-state index is 12.6. The van der Waals surface area contributed by atoms with E-state index in [1.165, 1.54) is 12.0 Å². The van der Waals surface area contributed by atoms with Crippen LogP contribution in [-0.2, 0) is 4.79 Å². The van der Waals surface area contributed by atoms with E-state index in [2.05, 4.69) is 24.0 Å². The summed E-state index contributed by atoms with van der Waals surface area (Å²) in [4.78, 5) is 17.0. The molecule has 24 heavy (non-hydrogen) atoms. The van der Waals surface area contributed by atoms with Gasteiger partial charge in [-0.2, -0.15) is 0 Å². The minimum absolute atomic E-state index is 0.181. The number of carbonyl (C=O) groups excluding carboxylic acids is 1. The lowest BCUT2D eigenvalue weighted by Crippen LogP contribution is -2.55. The van der Waals surface area contributed by atoms with Crippen LogP contribution in [0.25, 0.3) is 0 Å². The number of benzene rings is 1. The predicted octanol–water partition coefficient (Wildman–Crippen LogP) is 2.63. The van der Waals surface area contributed by atoms with E-state index >= 15 is 0 Å². The molecule has 1 aliphatic carbocycles. The molecular formula is C20H30N2O2. The lowest BCUT2D eigenvalue weighted by molar-refractivity contribution is -0.134. The van der Waals surface area contributed by atoms with Crippen LogP contribution in [-0.4, -0.2) is 59.1 Å². The molecule has 0 unspecified atom stereocenters. The van der Waals surface area contributed by atoms with E-state index in [1.54, 1.807) is 0 Å². The molecular weight excluding hydrogens is 300 g/mol. The molecule has 1 saturated carbocycles. The van der Waals surface area contributed by atoms with Gasteiger partial charge in [-0.05, 0) is 24.3 Å². The van der Waals surface area contributed by atoms with Gasteiger partial charge in [0.25, 0.3) is 0 Å². The first-order chi connectivity index (χ1) is 11.6. The van der Waals surface area contributed by atoms with Crippen molar-refractivity contribution in [2.45, 2.75) is 57.1 Å². The Labute approximate surface area is 145 Å². The van der Waals surface area contributed by atoms with Gasteiger partial charge < -0.3 is 10.0 Å². The van der Waals surface area contributed by atoms with Crippen molar-refractivity contribution in [2.24, 2.45) is 0 Å². The van der Waals surface area contributed by atoms with Gasteiger partial charge >= 0.3 is 0 Å². The predicted molar refractivity (Wildman–Crippen MR) is 95.9 cm³/mol. The van der Waals surface area contributed by atoms with Crippen molar-refractivity contribution in [2.75, 3.05) is 26.2 Å². The van der Waals surface area contributed by atoms with Crippen LogP contribution in [0.2, 0.25) is 0 Å². The van der Waals surface area contributed by atoms with Crippen molar-refractivity contribution < 1.29 is 9.90 Å². The number of aliphatic hydroxyl groups excluding tert-OH is 1. The van der Waals surface area contributed by atoms with Crippen LogP contribution in [0.15, 0.2) is 30.3 Å². The average molecular weight is 330 g/mol. The van der Waals surface area contributed by atoms with Gasteiger partial charge in [0, 0.05) is 38.6 Å². The Morgan fingerprint density at radius 3 is 2.46 bits per heavy atom. The van der Waals surface area contributed by atoms with Gasteiger partial charge in [0.15, 0.2) is 0 Å². The van der Waals surface area contributed by atoms with Crippen molar-refractivity contribution in [1.82, 2.24) is 9.80 Å². The average Bonchev–Trinajstić information content (AvgIpc) is 2.63. The van der Waals surface area contributed by atoms with Crippen LogP contribution >= 0.6 is 0 Å². The fourth-order valence-corrected chi connectivity index (χ4v) is 4.11. The molecule has 2 fully saturated rings. The van der Waals surface area contributed by atoms with Gasteiger partial charge in [-0.1, -0.05) is 50.1 Å². The van der Waals surface area contributed by atoms with Crippen LogP contribution in [0.4, 0.5) is 0 Å². The molecule has 1 N–H and O–H groups in total. The normalized spacial score (nSPS) is 27.0. The second-order valence-corrected chi connectivity index (χ2v) is 7.35. The topological polar surface area (TPSA) is 43.8 Å². The summed E-state index contributed by atoms with van der Waals surface area (Å²) in [5, 5.41) is 10.2. The number of hydrogen-bond acceptors (Lipinski definition) is 3. The number of amides is 1. The van der Waals surface area contributed by atoms with E-state index in [0.29, 0.717) is 12.5 Å². The SMILES string of the molecule is C[C@H](CC(=O)N1CCN([C@H]2CCCC[C@H]2O)CC1)c1ccccc1. The minimum atomic E-state index is -0.181. The summed E-state index contributed by atoms with van der Waals surface area (Å²) in [7, 11) is 0. The van der Waals surface area contributed by atoms with Gasteiger partial charge in [-0.25, -0.2) is 0 Å². The first kappa shape index (κ1) is 17.4. The van der Waals surface area contributed by atoms with E-state index in [-0.39, 0.29) is 17.9 Å². The minimum Gasteiger partial charge on any atom is -0.391 e. The molecule has 4 nitrogen and oxygen atoms in total. The molecule has 0 aromatic heterocycles. The van der Waals surface area contributed by atoms with Crippen molar-refractivity contribution >= 4 is 5.91 Å². The summed E-state index contributed by atoms with van der Waals surface area (Å²) in [6, 6.07) is 10.6. The Morgan fingerprint density at radius 2 is 1.79 bits per heavy atom. The maximum Gasteiger partial charge on any atom is 0.223 e. The third kappa shape index (κ3) is 4.17. The monoisotopic (exact) mass is 330 g/mol. The number of hydrogen-bond donors (Lipinski definition) is 1. The van der Waals surface area contributed by atoms with Crippen LogP contribution < -0.4 is 0 Å². The van der Waals surface area contributed by atoms with Crippen molar-refractivity contribution in [3.8, 4) is 0 Å². The zero-order chi connectivity index (χ0) is 16.9. The largest absolute Gasteiger partial charge is 0.391 e. The second kappa shape index (κ2) is 8.13. The lowest BCUT2D eigenvalue weighted by atomic mass is 9.91. The Balaban J connectivity index is 1.48. The molecule has 2 aliphatic rings. The molecule has 3 rings (SSSR count). The van der Waals surface area contributed by atoms with Gasteiger partial charge in [0.2, 0.25) is 5.91 Å². The summed E-state index contributed by atoms with van der Waals surface area (Å²) in [5.41, 5.74) is 1.23. The molecule has 1 aromatic carbocycles. The molecule has 132 valence electrons. The molecule has 0 spiro atoms. The molecule has 3 atom stereocenters. The molecule has 4 heteroatoms. The zero-order valence-electron chi connectivity index (χ0n) is 14.7. The number of piperazine rings is 1. The Bertz CT molecular complexity index is 526. The number of rotatable bonds is 4. The fourth-order valence-electron chi connectivity index (χ4n) is 4.11. The van der Waals surface area contributed by atoms with Crippen molar-refractivity contribution in [3.63, 3.8) is 0 Å². The molecule has 1 amide bonds. The zero-order valence-corrected chi connectivity index (χ0v) is 14.7. The standard InChI is InChI=1S/C20H30N2O2/c1-16(17-7-3-2-4-8-17)15-20(24)22-13-11-21(12-14-22)18-9-5-6-10-19(18)23/h2-4,7-8,16,18-19,23H,5-6,9-15H2,1H3/t16-,18+,19-/m1/s1. The third-order valence-electron chi connectivity index (χ3n) is 5.68. The molecule has 1 aromatic rings. The maximum absolute atomic E-state index is 12.6. The van der Waals surface area contributed by atoms with Crippen LogP contribution in [0.3, 0.4) is 0 Å². The van der Waals surface area contributed by atoms with Gasteiger partial charge in [-0.15, -0.1) is 0 Å². The van der Waals surface area contributed by atoms with E-state index in [1.807, 2.05) is 23.1 Å². The molecule has 0 radical (unpaired) electrons. The van der Waals surface area contributed by atoms with Crippen LogP contribution in [0.1, 0.15) is 50.5 Å². The van der Waals surface area contributed by atoms with E-state index in [9.17, 15) is 9.90 Å². The highest BCUT2D eigenvalue weighted by atomic mass is 16.3. The number of nitrogens with zero attached hydrogens (tertiary/aromatic N) is 2. The summed E-state index contributed by atoms with van der Waals surface area (Å²) in [5.74, 6) is 0.520. The highest BCUT2D eigenvalue weighted by Gasteiger charge is 2.32. The van der Waals surface area contributed by atoms with Crippen molar-refractivity contribution in [3.05, 3.63) is 35.9 Å². The van der Waals surface area contributed by atoms with Gasteiger partial charge in [-0.3, -0.25) is 9.69 Å².